The number of rotatable bonds is 6. The Labute approximate surface area is 145 Å². The number of hydrogen-bond acceptors (Lipinski definition) is 5. The number of benzene rings is 1. The number of nitrogens with one attached hydrogen (secondary N) is 1. The quantitative estimate of drug-likeness (QED) is 0.690. The molecular weight excluding hydrogens is 326 g/mol. The molecule has 0 fully saturated rings. The van der Waals surface area contributed by atoms with Gasteiger partial charge in [0.25, 0.3) is 0 Å². The summed E-state index contributed by atoms with van der Waals surface area (Å²) in [6.45, 7) is 4.88. The first kappa shape index (κ1) is 16.5. The van der Waals surface area contributed by atoms with Crippen LogP contribution < -0.4 is 10.1 Å². The third-order valence-corrected chi connectivity index (χ3v) is 3.98. The van der Waals surface area contributed by atoms with Crippen molar-refractivity contribution >= 4 is 28.6 Å². The fourth-order valence-electron chi connectivity index (χ4n) is 2.51. The maximum Gasteiger partial charge on any atom is 0.226 e. The highest BCUT2D eigenvalue weighted by molar-refractivity contribution is 6.28. The smallest absolute Gasteiger partial charge is 0.226 e. The van der Waals surface area contributed by atoms with Gasteiger partial charge in [-0.2, -0.15) is 9.97 Å². The maximum atomic E-state index is 6.07. The van der Waals surface area contributed by atoms with Gasteiger partial charge in [-0.15, -0.1) is 0 Å². The van der Waals surface area contributed by atoms with Crippen molar-refractivity contribution in [1.29, 1.82) is 0 Å². The highest BCUT2D eigenvalue weighted by Crippen LogP contribution is 2.23. The van der Waals surface area contributed by atoms with Gasteiger partial charge in [0, 0.05) is 12.6 Å². The number of hydrogen-bond donors (Lipinski definition) is 1. The summed E-state index contributed by atoms with van der Waals surface area (Å²) in [6, 6.07) is 8.28. The predicted molar refractivity (Wildman–Crippen MR) is 95.9 cm³/mol. The Bertz CT molecular complexity index is 829. The number of imidazole rings is 1. The molecule has 0 saturated heterocycles. The van der Waals surface area contributed by atoms with Gasteiger partial charge in [-0.3, -0.25) is 0 Å². The second-order valence-electron chi connectivity index (χ2n) is 5.78. The van der Waals surface area contributed by atoms with Crippen LogP contribution in [-0.4, -0.2) is 33.2 Å². The van der Waals surface area contributed by atoms with Crippen LogP contribution >= 0.6 is 11.6 Å². The van der Waals surface area contributed by atoms with E-state index in [0.717, 1.165) is 29.9 Å². The monoisotopic (exact) mass is 345 g/mol. The summed E-state index contributed by atoms with van der Waals surface area (Å²) >= 11 is 6.07. The van der Waals surface area contributed by atoms with E-state index in [0.29, 0.717) is 5.82 Å². The summed E-state index contributed by atoms with van der Waals surface area (Å²) in [5.74, 6) is 1.52. The molecule has 0 radical (unpaired) electrons. The van der Waals surface area contributed by atoms with E-state index in [-0.39, 0.29) is 11.3 Å². The Morgan fingerprint density at radius 1 is 1.21 bits per heavy atom. The molecule has 126 valence electrons. The first-order valence-corrected chi connectivity index (χ1v) is 8.23. The molecule has 0 spiro atoms. The zero-order valence-corrected chi connectivity index (χ0v) is 14.7. The summed E-state index contributed by atoms with van der Waals surface area (Å²) in [6.07, 6.45) is 2.63. The van der Waals surface area contributed by atoms with Gasteiger partial charge in [-0.1, -0.05) is 12.1 Å². The molecule has 1 aromatic carbocycles. The molecule has 7 heteroatoms. The van der Waals surface area contributed by atoms with Crippen LogP contribution in [0.25, 0.3) is 11.2 Å². The molecule has 0 saturated carbocycles. The van der Waals surface area contributed by atoms with E-state index < -0.39 is 0 Å². The molecule has 2 heterocycles. The molecule has 0 amide bonds. The molecule has 0 aliphatic carbocycles. The number of halogens is 1. The molecule has 3 rings (SSSR count). The van der Waals surface area contributed by atoms with Crippen LogP contribution in [0.3, 0.4) is 0 Å². The van der Waals surface area contributed by atoms with E-state index in [1.54, 1.807) is 13.4 Å². The zero-order chi connectivity index (χ0) is 17.1. The molecule has 0 bridgehead atoms. The van der Waals surface area contributed by atoms with Gasteiger partial charge in [0.1, 0.15) is 5.75 Å². The predicted octanol–water partition coefficient (Wildman–Crippen LogP) is 3.72. The Morgan fingerprint density at radius 3 is 2.62 bits per heavy atom. The van der Waals surface area contributed by atoms with Gasteiger partial charge in [0.2, 0.25) is 5.28 Å². The standard InChI is InChI=1S/C17H20ClN5O/c1-11(2)23-10-20-14-15(21-17(18)22-16(14)23)19-9-8-12-4-6-13(24-3)7-5-12/h4-7,10-11H,8-9H2,1-3H3,(H,19,21,22). The molecule has 0 atom stereocenters. The first-order valence-electron chi connectivity index (χ1n) is 7.85. The van der Waals surface area contributed by atoms with Crippen molar-refractivity contribution < 1.29 is 4.74 Å². The van der Waals surface area contributed by atoms with E-state index in [2.05, 4.69) is 46.2 Å². The van der Waals surface area contributed by atoms with Gasteiger partial charge < -0.3 is 14.6 Å². The van der Waals surface area contributed by atoms with Crippen molar-refractivity contribution in [1.82, 2.24) is 19.5 Å². The number of anilines is 1. The molecule has 24 heavy (non-hydrogen) atoms. The minimum atomic E-state index is 0.219. The van der Waals surface area contributed by atoms with E-state index in [4.69, 9.17) is 16.3 Å². The Morgan fingerprint density at radius 2 is 1.96 bits per heavy atom. The molecular formula is C17H20ClN5O. The number of fused-ring (bicyclic) bond motifs is 1. The lowest BCUT2D eigenvalue weighted by Crippen LogP contribution is -2.08. The number of methoxy groups -OCH3 is 1. The molecule has 0 aliphatic rings. The third kappa shape index (κ3) is 3.43. The second kappa shape index (κ2) is 7.05. The lowest BCUT2D eigenvalue weighted by Gasteiger charge is -2.09. The summed E-state index contributed by atoms with van der Waals surface area (Å²) in [5.41, 5.74) is 2.70. The van der Waals surface area contributed by atoms with Crippen molar-refractivity contribution in [3.8, 4) is 5.75 Å². The maximum absolute atomic E-state index is 6.07. The van der Waals surface area contributed by atoms with Crippen molar-refractivity contribution in [2.75, 3.05) is 19.0 Å². The lowest BCUT2D eigenvalue weighted by molar-refractivity contribution is 0.414. The summed E-state index contributed by atoms with van der Waals surface area (Å²) in [5, 5.41) is 3.53. The van der Waals surface area contributed by atoms with Gasteiger partial charge in [0.15, 0.2) is 17.0 Å². The van der Waals surface area contributed by atoms with E-state index >= 15 is 0 Å². The molecule has 0 unspecified atom stereocenters. The summed E-state index contributed by atoms with van der Waals surface area (Å²) in [4.78, 5) is 13.0. The molecule has 6 nitrogen and oxygen atoms in total. The van der Waals surface area contributed by atoms with Crippen LogP contribution in [0.5, 0.6) is 5.75 Å². The van der Waals surface area contributed by atoms with Crippen LogP contribution in [0, 0.1) is 0 Å². The largest absolute Gasteiger partial charge is 0.497 e. The summed E-state index contributed by atoms with van der Waals surface area (Å²) < 4.78 is 7.15. The lowest BCUT2D eigenvalue weighted by atomic mass is 10.1. The zero-order valence-electron chi connectivity index (χ0n) is 14.0. The molecule has 3 aromatic rings. The van der Waals surface area contributed by atoms with Crippen LogP contribution in [0.1, 0.15) is 25.5 Å². The minimum Gasteiger partial charge on any atom is -0.497 e. The van der Waals surface area contributed by atoms with Crippen molar-refractivity contribution in [3.05, 3.63) is 41.4 Å². The van der Waals surface area contributed by atoms with Gasteiger partial charge >= 0.3 is 0 Å². The van der Waals surface area contributed by atoms with Gasteiger partial charge in [-0.25, -0.2) is 4.98 Å². The number of nitrogens with zero attached hydrogens (tertiary/aromatic N) is 4. The molecule has 1 N–H and O–H groups in total. The normalized spacial score (nSPS) is 11.2. The average Bonchev–Trinajstić information content (AvgIpc) is 2.99. The van der Waals surface area contributed by atoms with Crippen molar-refractivity contribution in [2.24, 2.45) is 0 Å². The fourth-order valence-corrected chi connectivity index (χ4v) is 2.67. The van der Waals surface area contributed by atoms with Crippen LogP contribution in [0.15, 0.2) is 30.6 Å². The van der Waals surface area contributed by atoms with Crippen LogP contribution in [0.4, 0.5) is 5.82 Å². The summed E-state index contributed by atoms with van der Waals surface area (Å²) in [7, 11) is 1.66. The van der Waals surface area contributed by atoms with Crippen LogP contribution in [0.2, 0.25) is 5.28 Å². The Hall–Kier alpha value is -2.34. The van der Waals surface area contributed by atoms with Gasteiger partial charge in [-0.05, 0) is 49.6 Å². The third-order valence-electron chi connectivity index (χ3n) is 3.82. The highest BCUT2D eigenvalue weighted by Gasteiger charge is 2.13. The first-order chi connectivity index (χ1) is 11.6. The average molecular weight is 346 g/mol. The Kier molecular flexibility index (Phi) is 4.85. The number of ether oxygens (including phenoxy) is 1. The SMILES string of the molecule is COc1ccc(CCNc2nc(Cl)nc3c2ncn3C(C)C)cc1. The van der Waals surface area contributed by atoms with Crippen LogP contribution in [-0.2, 0) is 6.42 Å². The highest BCUT2D eigenvalue weighted by atomic mass is 35.5. The fraction of sp³-hybridized carbons (Fsp3) is 0.353. The minimum absolute atomic E-state index is 0.219. The second-order valence-corrected chi connectivity index (χ2v) is 6.12. The van der Waals surface area contributed by atoms with Gasteiger partial charge in [0.05, 0.1) is 13.4 Å². The topological polar surface area (TPSA) is 64.9 Å². The van der Waals surface area contributed by atoms with Crippen molar-refractivity contribution in [3.63, 3.8) is 0 Å². The Balaban J connectivity index is 1.75. The number of aromatic nitrogens is 4. The molecule has 0 aliphatic heterocycles. The van der Waals surface area contributed by atoms with E-state index in [9.17, 15) is 0 Å². The van der Waals surface area contributed by atoms with E-state index in [1.165, 1.54) is 5.56 Å². The van der Waals surface area contributed by atoms with Crippen molar-refractivity contribution in [2.45, 2.75) is 26.3 Å². The molecule has 2 aromatic heterocycles. The van der Waals surface area contributed by atoms with E-state index in [1.807, 2.05) is 16.7 Å².